The number of hydrogen-bond acceptors (Lipinski definition) is 7. The van der Waals surface area contributed by atoms with Crippen LogP contribution in [0.15, 0.2) is 29.6 Å². The third kappa shape index (κ3) is 2.63. The summed E-state index contributed by atoms with van der Waals surface area (Å²) in [5, 5.41) is 7.46. The van der Waals surface area contributed by atoms with Crippen molar-refractivity contribution in [1.29, 1.82) is 0 Å². The lowest BCUT2D eigenvalue weighted by molar-refractivity contribution is -0.0158. The summed E-state index contributed by atoms with van der Waals surface area (Å²) < 4.78 is 11.1. The van der Waals surface area contributed by atoms with Gasteiger partial charge in [0.15, 0.2) is 11.3 Å². The molecule has 0 aliphatic carbocycles. The van der Waals surface area contributed by atoms with E-state index in [1.54, 1.807) is 22.3 Å². The van der Waals surface area contributed by atoms with Crippen LogP contribution in [0.1, 0.15) is 37.3 Å². The van der Waals surface area contributed by atoms with E-state index in [2.05, 4.69) is 20.4 Å². The van der Waals surface area contributed by atoms with Gasteiger partial charge in [0.1, 0.15) is 11.8 Å². The average molecular weight is 406 g/mol. The summed E-state index contributed by atoms with van der Waals surface area (Å²) in [6, 6.07) is 2.05. The maximum atomic E-state index is 13.0. The molecule has 2 aliphatic heterocycles. The van der Waals surface area contributed by atoms with Crippen molar-refractivity contribution in [2.75, 3.05) is 5.32 Å². The number of hydrogen-bond donors (Lipinski definition) is 1. The van der Waals surface area contributed by atoms with Gasteiger partial charge in [0.05, 0.1) is 30.3 Å². The molecule has 0 unspecified atom stereocenters. The van der Waals surface area contributed by atoms with Crippen LogP contribution in [0.4, 0.5) is 11.6 Å². The molecule has 1 N–H and O–H groups in total. The summed E-state index contributed by atoms with van der Waals surface area (Å²) in [7, 11) is 1.77. The van der Waals surface area contributed by atoms with Gasteiger partial charge in [0.25, 0.3) is 0 Å². The molecule has 0 saturated carbocycles. The molecule has 0 spiro atoms. The van der Waals surface area contributed by atoms with Gasteiger partial charge in [-0.3, -0.25) is 9.13 Å². The van der Waals surface area contributed by atoms with E-state index in [4.69, 9.17) is 9.72 Å². The van der Waals surface area contributed by atoms with Gasteiger partial charge in [0, 0.05) is 13.1 Å². The average Bonchev–Trinajstić information content (AvgIpc) is 3.39. The summed E-state index contributed by atoms with van der Waals surface area (Å²) in [4.78, 5) is 26.4. The van der Waals surface area contributed by atoms with Gasteiger partial charge in [0.2, 0.25) is 5.95 Å². The standard InChI is InChI=1S/C20H22N8O2/c1-11-5-17-22-10-23-27(17)9-15(11)24-19-21-8-16-18(25-19)28(20(29)26(16)2)12-6-13-3-4-14(7-12)30-13/h5,8-10,12-14H,3-4,6-7H2,1-2H3,(H,21,24,25)/t12-,13-,14+. The van der Waals surface area contributed by atoms with Gasteiger partial charge in [-0.05, 0) is 44.2 Å². The van der Waals surface area contributed by atoms with E-state index in [9.17, 15) is 4.79 Å². The molecule has 30 heavy (non-hydrogen) atoms. The van der Waals surface area contributed by atoms with Crippen LogP contribution in [0.5, 0.6) is 0 Å². The first-order valence-corrected chi connectivity index (χ1v) is 10.2. The molecule has 154 valence electrons. The van der Waals surface area contributed by atoms with Gasteiger partial charge in [-0.25, -0.2) is 19.3 Å². The van der Waals surface area contributed by atoms with Crippen molar-refractivity contribution in [3.05, 3.63) is 40.8 Å². The Morgan fingerprint density at radius 2 is 2.00 bits per heavy atom. The van der Waals surface area contributed by atoms with Crippen LogP contribution in [0.2, 0.25) is 0 Å². The highest BCUT2D eigenvalue weighted by atomic mass is 16.5. The Balaban J connectivity index is 1.42. The molecule has 3 atom stereocenters. The van der Waals surface area contributed by atoms with Crippen molar-refractivity contribution in [3.63, 3.8) is 0 Å². The van der Waals surface area contributed by atoms with Crippen LogP contribution in [0, 0.1) is 6.92 Å². The van der Waals surface area contributed by atoms with Gasteiger partial charge in [-0.1, -0.05) is 0 Å². The molecule has 6 rings (SSSR count). The van der Waals surface area contributed by atoms with Crippen molar-refractivity contribution >= 4 is 28.4 Å². The minimum absolute atomic E-state index is 0.0528. The SMILES string of the molecule is Cc1cc2ncnn2cc1Nc1ncc2c(n1)n([C@@H]1C[C@H]3CC[C@@H](C1)O3)c(=O)n2C. The Hall–Kier alpha value is -3.27. The van der Waals surface area contributed by atoms with Gasteiger partial charge >= 0.3 is 5.69 Å². The van der Waals surface area contributed by atoms with Crippen LogP contribution in [0.3, 0.4) is 0 Å². The Kier molecular flexibility index (Phi) is 3.73. The summed E-state index contributed by atoms with van der Waals surface area (Å²) in [5.41, 5.74) is 3.95. The van der Waals surface area contributed by atoms with Crippen LogP contribution >= 0.6 is 0 Å². The third-order valence-corrected chi connectivity index (χ3v) is 6.33. The molecule has 4 aromatic heterocycles. The number of nitrogens with one attached hydrogen (secondary N) is 1. The molecule has 0 radical (unpaired) electrons. The summed E-state index contributed by atoms with van der Waals surface area (Å²) in [5.74, 6) is 0.444. The van der Waals surface area contributed by atoms with E-state index in [0.29, 0.717) is 11.6 Å². The number of fused-ring (bicyclic) bond motifs is 4. The number of ether oxygens (including phenoxy) is 1. The number of rotatable bonds is 3. The van der Waals surface area contributed by atoms with Gasteiger partial charge < -0.3 is 10.1 Å². The number of pyridine rings is 1. The fourth-order valence-corrected chi connectivity index (χ4v) is 4.77. The Morgan fingerprint density at radius 3 is 2.80 bits per heavy atom. The Morgan fingerprint density at radius 1 is 1.20 bits per heavy atom. The molecule has 10 heteroatoms. The summed E-state index contributed by atoms with van der Waals surface area (Å²) in [6.07, 6.45) is 9.43. The largest absolute Gasteiger partial charge is 0.375 e. The molecule has 2 bridgehead atoms. The van der Waals surface area contributed by atoms with E-state index in [1.807, 2.05) is 23.8 Å². The Bertz CT molecular complexity index is 1320. The Labute approximate surface area is 171 Å². The monoisotopic (exact) mass is 406 g/mol. The maximum absolute atomic E-state index is 13.0. The molecule has 2 aliphatic rings. The summed E-state index contributed by atoms with van der Waals surface area (Å²) in [6.45, 7) is 1.99. The second-order valence-electron chi connectivity index (χ2n) is 8.25. The number of aryl methyl sites for hydroxylation is 2. The molecule has 6 heterocycles. The second-order valence-corrected chi connectivity index (χ2v) is 8.25. The van der Waals surface area contributed by atoms with Crippen LogP contribution < -0.4 is 11.0 Å². The molecule has 0 amide bonds. The van der Waals surface area contributed by atoms with Crippen LogP contribution in [-0.4, -0.2) is 45.9 Å². The molecular weight excluding hydrogens is 384 g/mol. The number of imidazole rings is 1. The third-order valence-electron chi connectivity index (χ3n) is 6.33. The highest BCUT2D eigenvalue weighted by Gasteiger charge is 2.37. The smallest absolute Gasteiger partial charge is 0.330 e. The van der Waals surface area contributed by atoms with Crippen molar-refractivity contribution in [2.45, 2.75) is 50.9 Å². The summed E-state index contributed by atoms with van der Waals surface area (Å²) >= 11 is 0. The van der Waals surface area contributed by atoms with E-state index >= 15 is 0 Å². The first kappa shape index (κ1) is 17.6. The van der Waals surface area contributed by atoms with Crippen LogP contribution in [0.25, 0.3) is 16.8 Å². The molecule has 2 fully saturated rings. The maximum Gasteiger partial charge on any atom is 0.330 e. The first-order chi connectivity index (χ1) is 14.6. The molecule has 0 aromatic carbocycles. The van der Waals surface area contributed by atoms with E-state index in [1.165, 1.54) is 6.33 Å². The van der Waals surface area contributed by atoms with Crippen molar-refractivity contribution in [1.82, 2.24) is 33.7 Å². The topological polar surface area (TPSA) is 104 Å². The fourth-order valence-electron chi connectivity index (χ4n) is 4.77. The lowest BCUT2D eigenvalue weighted by atomic mass is 10.0. The molecule has 2 saturated heterocycles. The minimum atomic E-state index is -0.0528. The van der Waals surface area contributed by atoms with Gasteiger partial charge in [-0.15, -0.1) is 0 Å². The predicted octanol–water partition coefficient (Wildman–Crippen LogP) is 2.11. The lowest BCUT2D eigenvalue weighted by Crippen LogP contribution is -2.33. The first-order valence-electron chi connectivity index (χ1n) is 10.2. The fraction of sp³-hybridized carbons (Fsp3) is 0.450. The van der Waals surface area contributed by atoms with Crippen molar-refractivity contribution < 1.29 is 4.74 Å². The zero-order valence-corrected chi connectivity index (χ0v) is 16.8. The van der Waals surface area contributed by atoms with E-state index in [-0.39, 0.29) is 23.9 Å². The molecule has 4 aromatic rings. The number of nitrogens with zero attached hydrogens (tertiary/aromatic N) is 7. The minimum Gasteiger partial charge on any atom is -0.375 e. The van der Waals surface area contributed by atoms with Crippen molar-refractivity contribution in [2.24, 2.45) is 7.05 Å². The predicted molar refractivity (Wildman–Crippen MR) is 110 cm³/mol. The normalized spacial score (nSPS) is 23.5. The zero-order chi connectivity index (χ0) is 20.4. The van der Waals surface area contributed by atoms with Gasteiger partial charge in [-0.2, -0.15) is 10.1 Å². The second kappa shape index (κ2) is 6.36. The zero-order valence-electron chi connectivity index (χ0n) is 16.8. The number of aromatic nitrogens is 7. The van der Waals surface area contributed by atoms with Crippen LogP contribution in [-0.2, 0) is 11.8 Å². The van der Waals surface area contributed by atoms with E-state index in [0.717, 1.165) is 48.1 Å². The number of anilines is 2. The highest BCUT2D eigenvalue weighted by molar-refractivity contribution is 5.73. The van der Waals surface area contributed by atoms with Crippen molar-refractivity contribution in [3.8, 4) is 0 Å². The molecule has 10 nitrogen and oxygen atoms in total. The van der Waals surface area contributed by atoms with E-state index < -0.39 is 0 Å². The quantitative estimate of drug-likeness (QED) is 0.556. The lowest BCUT2D eigenvalue weighted by Gasteiger charge is -2.28. The highest BCUT2D eigenvalue weighted by Crippen LogP contribution is 2.38. The molecular formula is C20H22N8O2.